The molecule has 0 saturated carbocycles. The monoisotopic (exact) mass is 310 g/mol. The maximum absolute atomic E-state index is 12.4. The number of amides is 2. The molecule has 0 aliphatic carbocycles. The van der Waals surface area contributed by atoms with Crippen LogP contribution in [0.2, 0.25) is 0 Å². The van der Waals surface area contributed by atoms with E-state index < -0.39 is 16.7 Å². The molecule has 6 heteroatoms. The third kappa shape index (κ3) is 2.48. The molecule has 1 aliphatic rings. The number of non-ortho nitro benzene ring substituents is 1. The van der Waals surface area contributed by atoms with Gasteiger partial charge in [-0.3, -0.25) is 24.6 Å². The minimum absolute atomic E-state index is 0.0916. The second-order valence-corrected chi connectivity index (χ2v) is 5.61. The number of nitrogens with zero attached hydrogens (tertiary/aromatic N) is 2. The Morgan fingerprint density at radius 2 is 1.70 bits per heavy atom. The van der Waals surface area contributed by atoms with Crippen LogP contribution in [0.15, 0.2) is 36.4 Å². The maximum atomic E-state index is 12.4. The minimum atomic E-state index is -0.579. The number of nitro groups is 1. The SMILES string of the molecule is Cc1ccc(CN2C(=O)c3ccc([N+](=O)[O-])cc3C2=O)c(C)c1. The molecule has 1 heterocycles. The van der Waals surface area contributed by atoms with Crippen LogP contribution in [0.25, 0.3) is 0 Å². The van der Waals surface area contributed by atoms with Crippen LogP contribution in [-0.4, -0.2) is 21.6 Å². The number of hydrogen-bond acceptors (Lipinski definition) is 4. The first-order valence-electron chi connectivity index (χ1n) is 7.09. The van der Waals surface area contributed by atoms with Crippen molar-refractivity contribution in [3.05, 3.63) is 74.3 Å². The molecule has 0 N–H and O–H groups in total. The van der Waals surface area contributed by atoms with Crippen molar-refractivity contribution in [2.75, 3.05) is 0 Å². The second kappa shape index (κ2) is 5.31. The van der Waals surface area contributed by atoms with E-state index in [9.17, 15) is 19.7 Å². The van der Waals surface area contributed by atoms with Crippen molar-refractivity contribution in [1.29, 1.82) is 0 Å². The van der Waals surface area contributed by atoms with Crippen molar-refractivity contribution in [1.82, 2.24) is 4.90 Å². The summed E-state index contributed by atoms with van der Waals surface area (Å²) in [5.41, 5.74) is 3.08. The first-order valence-corrected chi connectivity index (χ1v) is 7.09. The van der Waals surface area contributed by atoms with E-state index in [1.807, 2.05) is 32.0 Å². The molecule has 0 aromatic heterocycles. The molecule has 0 saturated heterocycles. The average molecular weight is 310 g/mol. The normalized spacial score (nSPS) is 13.4. The molecule has 23 heavy (non-hydrogen) atoms. The molecule has 2 aromatic carbocycles. The highest BCUT2D eigenvalue weighted by molar-refractivity contribution is 6.21. The van der Waals surface area contributed by atoms with Crippen LogP contribution in [0.3, 0.4) is 0 Å². The van der Waals surface area contributed by atoms with E-state index in [2.05, 4.69) is 0 Å². The molecule has 0 bridgehead atoms. The molecule has 116 valence electrons. The Bertz CT molecular complexity index is 858. The number of benzene rings is 2. The Labute approximate surface area is 132 Å². The van der Waals surface area contributed by atoms with Crippen molar-refractivity contribution < 1.29 is 14.5 Å². The van der Waals surface area contributed by atoms with Gasteiger partial charge in [0.05, 0.1) is 22.6 Å². The molecule has 3 rings (SSSR count). The van der Waals surface area contributed by atoms with E-state index in [0.29, 0.717) is 0 Å². The Kier molecular flexibility index (Phi) is 3.44. The number of carbonyl (C=O) groups excluding carboxylic acids is 2. The van der Waals surface area contributed by atoms with Gasteiger partial charge in [0, 0.05) is 12.1 Å². The molecule has 0 radical (unpaired) electrons. The van der Waals surface area contributed by atoms with Crippen molar-refractivity contribution in [3.63, 3.8) is 0 Å². The van der Waals surface area contributed by atoms with Crippen LogP contribution in [0, 0.1) is 24.0 Å². The minimum Gasteiger partial charge on any atom is -0.270 e. The topological polar surface area (TPSA) is 80.5 Å². The number of hydrogen-bond donors (Lipinski definition) is 0. The van der Waals surface area contributed by atoms with Crippen molar-refractivity contribution in [2.24, 2.45) is 0 Å². The van der Waals surface area contributed by atoms with Gasteiger partial charge in [0.2, 0.25) is 0 Å². The summed E-state index contributed by atoms with van der Waals surface area (Å²) >= 11 is 0. The van der Waals surface area contributed by atoms with Gasteiger partial charge >= 0.3 is 0 Å². The lowest BCUT2D eigenvalue weighted by molar-refractivity contribution is -0.384. The first-order chi connectivity index (χ1) is 10.9. The van der Waals surface area contributed by atoms with Crippen LogP contribution >= 0.6 is 0 Å². The molecule has 0 fully saturated rings. The summed E-state index contributed by atoms with van der Waals surface area (Å²) in [5, 5.41) is 10.8. The predicted molar refractivity (Wildman–Crippen MR) is 83.2 cm³/mol. The summed E-state index contributed by atoms with van der Waals surface area (Å²) in [6.45, 7) is 4.05. The van der Waals surface area contributed by atoms with Crippen molar-refractivity contribution >= 4 is 17.5 Å². The van der Waals surface area contributed by atoms with E-state index in [0.717, 1.165) is 27.7 Å². The van der Waals surface area contributed by atoms with Crippen LogP contribution < -0.4 is 0 Å². The molecule has 1 aliphatic heterocycles. The van der Waals surface area contributed by atoms with Gasteiger partial charge < -0.3 is 0 Å². The van der Waals surface area contributed by atoms with E-state index in [1.54, 1.807) is 0 Å². The van der Waals surface area contributed by atoms with Crippen LogP contribution in [0.5, 0.6) is 0 Å². The lowest BCUT2D eigenvalue weighted by atomic mass is 10.1. The van der Waals surface area contributed by atoms with Crippen LogP contribution in [0.4, 0.5) is 5.69 Å². The van der Waals surface area contributed by atoms with Gasteiger partial charge in [-0.2, -0.15) is 0 Å². The highest BCUT2D eigenvalue weighted by Crippen LogP contribution is 2.28. The molecule has 0 spiro atoms. The molecule has 6 nitrogen and oxygen atoms in total. The highest BCUT2D eigenvalue weighted by atomic mass is 16.6. The molecular formula is C17H14N2O4. The zero-order chi connectivity index (χ0) is 16.7. The number of fused-ring (bicyclic) bond motifs is 1. The molecular weight excluding hydrogens is 296 g/mol. The smallest absolute Gasteiger partial charge is 0.270 e. The van der Waals surface area contributed by atoms with Crippen LogP contribution in [-0.2, 0) is 6.54 Å². The fraction of sp³-hybridized carbons (Fsp3) is 0.176. The Morgan fingerprint density at radius 1 is 1.00 bits per heavy atom. The van der Waals surface area contributed by atoms with Gasteiger partial charge in [-0.1, -0.05) is 23.8 Å². The fourth-order valence-corrected chi connectivity index (χ4v) is 2.73. The summed E-state index contributed by atoms with van der Waals surface area (Å²) in [6.07, 6.45) is 0. The molecule has 2 aromatic rings. The summed E-state index contributed by atoms with van der Waals surface area (Å²) in [6, 6.07) is 9.54. The van der Waals surface area contributed by atoms with Crippen molar-refractivity contribution in [2.45, 2.75) is 20.4 Å². The number of carbonyl (C=O) groups is 2. The molecule has 2 amide bonds. The number of rotatable bonds is 3. The largest absolute Gasteiger partial charge is 0.270 e. The quantitative estimate of drug-likeness (QED) is 0.496. The number of aryl methyl sites for hydroxylation is 2. The highest BCUT2D eigenvalue weighted by Gasteiger charge is 2.36. The lowest BCUT2D eigenvalue weighted by Crippen LogP contribution is -2.29. The predicted octanol–water partition coefficient (Wildman–Crippen LogP) is 3.01. The van der Waals surface area contributed by atoms with Gasteiger partial charge in [0.25, 0.3) is 17.5 Å². The van der Waals surface area contributed by atoms with Gasteiger partial charge in [0.15, 0.2) is 0 Å². The fourth-order valence-electron chi connectivity index (χ4n) is 2.73. The van der Waals surface area contributed by atoms with Gasteiger partial charge in [0.1, 0.15) is 0 Å². The zero-order valence-corrected chi connectivity index (χ0v) is 12.7. The third-order valence-electron chi connectivity index (χ3n) is 3.99. The van der Waals surface area contributed by atoms with E-state index >= 15 is 0 Å². The summed E-state index contributed by atoms with van der Waals surface area (Å²) in [7, 11) is 0. The Morgan fingerprint density at radius 3 is 2.35 bits per heavy atom. The Balaban J connectivity index is 1.95. The first kappa shape index (κ1) is 14.9. The number of imide groups is 1. The number of nitro benzene ring substituents is 1. The zero-order valence-electron chi connectivity index (χ0n) is 12.7. The summed E-state index contributed by atoms with van der Waals surface area (Å²) in [4.78, 5) is 36.2. The van der Waals surface area contributed by atoms with Crippen LogP contribution in [0.1, 0.15) is 37.4 Å². The summed E-state index contributed by atoms with van der Waals surface area (Å²) < 4.78 is 0. The van der Waals surface area contributed by atoms with Gasteiger partial charge in [-0.05, 0) is 31.0 Å². The maximum Gasteiger partial charge on any atom is 0.270 e. The molecule has 0 atom stereocenters. The van der Waals surface area contributed by atoms with E-state index in [-0.39, 0.29) is 23.4 Å². The Hall–Kier alpha value is -3.02. The molecule has 0 unspecified atom stereocenters. The van der Waals surface area contributed by atoms with Gasteiger partial charge in [-0.15, -0.1) is 0 Å². The third-order valence-corrected chi connectivity index (χ3v) is 3.99. The van der Waals surface area contributed by atoms with Gasteiger partial charge in [-0.25, -0.2) is 0 Å². The lowest BCUT2D eigenvalue weighted by Gasteiger charge is -2.15. The van der Waals surface area contributed by atoms with E-state index in [4.69, 9.17) is 0 Å². The van der Waals surface area contributed by atoms with E-state index in [1.165, 1.54) is 12.1 Å². The summed E-state index contributed by atoms with van der Waals surface area (Å²) in [5.74, 6) is -0.909. The second-order valence-electron chi connectivity index (χ2n) is 5.61. The van der Waals surface area contributed by atoms with Crippen molar-refractivity contribution in [3.8, 4) is 0 Å². The standard InChI is InChI=1S/C17H14N2O4/c1-10-3-4-12(11(2)7-10)9-18-16(20)14-6-5-13(19(22)23)8-15(14)17(18)21/h3-8H,9H2,1-2H3. The average Bonchev–Trinajstić information content (AvgIpc) is 2.74.